The highest BCUT2D eigenvalue weighted by Gasteiger charge is 2.20. The second-order valence-electron chi connectivity index (χ2n) is 8.08. The lowest BCUT2D eigenvalue weighted by atomic mass is 9.95. The first-order valence-corrected chi connectivity index (χ1v) is 11.2. The standard InChI is InChI=1S/C24H34FN2P/c1-18-9-6-10-19(2)24(18)22(17-27-15-4-3-5-16-27)26-14-8-11-20-21(25)12-7-13-23(20)28/h6-7,9-10,12-13,22,26H,3-5,8,11,14-17,28H2,1-2H3. The van der Waals surface area contributed by atoms with Crippen molar-refractivity contribution < 1.29 is 4.39 Å². The van der Waals surface area contributed by atoms with Gasteiger partial charge in [-0.1, -0.05) is 36.8 Å². The summed E-state index contributed by atoms with van der Waals surface area (Å²) in [6, 6.07) is 12.2. The first-order valence-electron chi connectivity index (χ1n) is 10.6. The van der Waals surface area contributed by atoms with Crippen LogP contribution in [0.2, 0.25) is 0 Å². The molecular weight excluding hydrogens is 366 g/mol. The predicted molar refractivity (Wildman–Crippen MR) is 121 cm³/mol. The normalized spacial score (nSPS) is 16.3. The van der Waals surface area contributed by atoms with E-state index in [1.807, 2.05) is 6.07 Å². The molecule has 0 aromatic heterocycles. The summed E-state index contributed by atoms with van der Waals surface area (Å²) in [7, 11) is 2.66. The quantitative estimate of drug-likeness (QED) is 0.511. The molecule has 152 valence electrons. The topological polar surface area (TPSA) is 15.3 Å². The van der Waals surface area contributed by atoms with E-state index in [9.17, 15) is 4.39 Å². The molecule has 0 saturated carbocycles. The largest absolute Gasteiger partial charge is 0.309 e. The van der Waals surface area contributed by atoms with Crippen molar-refractivity contribution >= 4 is 14.5 Å². The minimum atomic E-state index is -0.0906. The Balaban J connectivity index is 1.65. The lowest BCUT2D eigenvalue weighted by Gasteiger charge is -2.32. The zero-order valence-corrected chi connectivity index (χ0v) is 18.5. The molecular formula is C24H34FN2P. The molecule has 0 aliphatic carbocycles. The first-order chi connectivity index (χ1) is 13.6. The van der Waals surface area contributed by atoms with Crippen LogP contribution in [-0.4, -0.2) is 31.1 Å². The summed E-state index contributed by atoms with van der Waals surface area (Å²) >= 11 is 0. The van der Waals surface area contributed by atoms with Gasteiger partial charge in [0.1, 0.15) is 5.82 Å². The Morgan fingerprint density at radius 3 is 2.39 bits per heavy atom. The third kappa shape index (κ3) is 5.63. The fourth-order valence-corrected chi connectivity index (χ4v) is 4.81. The summed E-state index contributed by atoms with van der Waals surface area (Å²) in [5, 5.41) is 4.78. The Bertz CT molecular complexity index is 731. The van der Waals surface area contributed by atoms with Gasteiger partial charge in [0.25, 0.3) is 0 Å². The van der Waals surface area contributed by atoms with E-state index in [1.54, 1.807) is 12.1 Å². The molecule has 4 heteroatoms. The van der Waals surface area contributed by atoms with Crippen molar-refractivity contribution in [3.05, 3.63) is 64.5 Å². The van der Waals surface area contributed by atoms with E-state index in [1.165, 1.54) is 49.0 Å². The SMILES string of the molecule is Cc1cccc(C)c1C(CN1CCCCC1)NCCCc1c(F)cccc1P. The molecule has 0 spiro atoms. The molecule has 3 rings (SSSR count). The fraction of sp³-hybridized carbons (Fsp3) is 0.500. The van der Waals surface area contributed by atoms with Gasteiger partial charge in [-0.15, -0.1) is 9.24 Å². The minimum Gasteiger partial charge on any atom is -0.309 e. The van der Waals surface area contributed by atoms with Gasteiger partial charge in [0, 0.05) is 12.6 Å². The van der Waals surface area contributed by atoms with E-state index >= 15 is 0 Å². The number of hydrogen-bond acceptors (Lipinski definition) is 2. The highest BCUT2D eigenvalue weighted by Crippen LogP contribution is 2.24. The average molecular weight is 401 g/mol. The van der Waals surface area contributed by atoms with Gasteiger partial charge in [0.2, 0.25) is 0 Å². The lowest BCUT2D eigenvalue weighted by Crippen LogP contribution is -2.39. The molecule has 1 aliphatic heterocycles. The molecule has 0 amide bonds. The van der Waals surface area contributed by atoms with Gasteiger partial charge in [-0.3, -0.25) is 0 Å². The third-order valence-electron chi connectivity index (χ3n) is 5.93. The van der Waals surface area contributed by atoms with Crippen LogP contribution in [0.1, 0.15) is 54.0 Å². The maximum Gasteiger partial charge on any atom is 0.127 e. The second kappa shape index (κ2) is 10.5. The van der Waals surface area contributed by atoms with Crippen LogP contribution in [0.25, 0.3) is 0 Å². The van der Waals surface area contributed by atoms with E-state index in [0.717, 1.165) is 36.8 Å². The summed E-state index contributed by atoms with van der Waals surface area (Å²) in [4.78, 5) is 2.60. The second-order valence-corrected chi connectivity index (χ2v) is 8.71. The van der Waals surface area contributed by atoms with E-state index in [-0.39, 0.29) is 5.82 Å². The lowest BCUT2D eigenvalue weighted by molar-refractivity contribution is 0.205. The van der Waals surface area contributed by atoms with Gasteiger partial charge in [-0.2, -0.15) is 0 Å². The van der Waals surface area contributed by atoms with Crippen molar-refractivity contribution in [2.24, 2.45) is 0 Å². The van der Waals surface area contributed by atoms with Crippen molar-refractivity contribution in [2.75, 3.05) is 26.2 Å². The molecule has 2 atom stereocenters. The molecule has 0 bridgehead atoms. The van der Waals surface area contributed by atoms with Crippen LogP contribution in [0.15, 0.2) is 36.4 Å². The van der Waals surface area contributed by atoms with Crippen molar-refractivity contribution in [1.82, 2.24) is 10.2 Å². The molecule has 1 saturated heterocycles. The molecule has 0 radical (unpaired) electrons. The van der Waals surface area contributed by atoms with Gasteiger partial charge >= 0.3 is 0 Å². The Hall–Kier alpha value is -1.28. The van der Waals surface area contributed by atoms with Crippen molar-refractivity contribution in [2.45, 2.75) is 52.0 Å². The number of nitrogens with one attached hydrogen (secondary N) is 1. The Morgan fingerprint density at radius 1 is 1.04 bits per heavy atom. The smallest absolute Gasteiger partial charge is 0.127 e. The van der Waals surface area contributed by atoms with Gasteiger partial charge < -0.3 is 10.2 Å². The molecule has 1 aliphatic rings. The Morgan fingerprint density at radius 2 is 1.71 bits per heavy atom. The monoisotopic (exact) mass is 400 g/mol. The zero-order chi connectivity index (χ0) is 19.9. The number of rotatable bonds is 8. The Kier molecular flexibility index (Phi) is 8.02. The predicted octanol–water partition coefficient (Wildman–Crippen LogP) is 4.69. The van der Waals surface area contributed by atoms with Gasteiger partial charge in [0.05, 0.1) is 0 Å². The van der Waals surface area contributed by atoms with Gasteiger partial charge in [-0.05, 0) is 92.8 Å². The maximum absolute atomic E-state index is 14.1. The number of likely N-dealkylation sites (tertiary alicyclic amines) is 1. The van der Waals surface area contributed by atoms with E-state index < -0.39 is 0 Å². The zero-order valence-electron chi connectivity index (χ0n) is 17.3. The van der Waals surface area contributed by atoms with Crippen LogP contribution in [0.5, 0.6) is 0 Å². The highest BCUT2D eigenvalue weighted by atomic mass is 31.0. The molecule has 1 N–H and O–H groups in total. The molecule has 2 aromatic carbocycles. The molecule has 1 heterocycles. The van der Waals surface area contributed by atoms with Crippen LogP contribution in [-0.2, 0) is 6.42 Å². The summed E-state index contributed by atoms with van der Waals surface area (Å²) in [6.07, 6.45) is 5.68. The summed E-state index contributed by atoms with van der Waals surface area (Å²) < 4.78 is 14.1. The third-order valence-corrected chi connectivity index (χ3v) is 6.47. The van der Waals surface area contributed by atoms with Crippen LogP contribution in [0, 0.1) is 19.7 Å². The minimum absolute atomic E-state index is 0.0906. The van der Waals surface area contributed by atoms with Crippen LogP contribution in [0.3, 0.4) is 0 Å². The van der Waals surface area contributed by atoms with Crippen LogP contribution >= 0.6 is 9.24 Å². The number of nitrogens with zero attached hydrogens (tertiary/aromatic N) is 1. The number of piperidine rings is 1. The summed E-state index contributed by atoms with van der Waals surface area (Å²) in [5.74, 6) is -0.0906. The molecule has 2 aromatic rings. The number of aryl methyl sites for hydroxylation is 2. The fourth-order valence-electron chi connectivity index (χ4n) is 4.42. The van der Waals surface area contributed by atoms with Crippen molar-refractivity contribution in [3.8, 4) is 0 Å². The van der Waals surface area contributed by atoms with Gasteiger partial charge in [-0.25, -0.2) is 4.39 Å². The molecule has 1 fully saturated rings. The van der Waals surface area contributed by atoms with E-state index in [4.69, 9.17) is 0 Å². The molecule has 28 heavy (non-hydrogen) atoms. The van der Waals surface area contributed by atoms with Crippen LogP contribution < -0.4 is 10.6 Å². The van der Waals surface area contributed by atoms with Crippen molar-refractivity contribution in [1.29, 1.82) is 0 Å². The molecule has 2 unspecified atom stereocenters. The number of hydrogen-bond donors (Lipinski definition) is 1. The van der Waals surface area contributed by atoms with Crippen molar-refractivity contribution in [3.63, 3.8) is 0 Å². The average Bonchev–Trinajstić information content (AvgIpc) is 2.67. The highest BCUT2D eigenvalue weighted by molar-refractivity contribution is 7.27. The van der Waals surface area contributed by atoms with Gasteiger partial charge in [0.15, 0.2) is 0 Å². The summed E-state index contributed by atoms with van der Waals surface area (Å²) in [5.41, 5.74) is 4.98. The maximum atomic E-state index is 14.1. The summed E-state index contributed by atoms with van der Waals surface area (Å²) in [6.45, 7) is 8.79. The first kappa shape index (κ1) is 21.4. The number of halogens is 1. The van der Waals surface area contributed by atoms with E-state index in [2.05, 4.69) is 51.5 Å². The van der Waals surface area contributed by atoms with Crippen LogP contribution in [0.4, 0.5) is 4.39 Å². The molecule has 2 nitrogen and oxygen atoms in total. The number of benzene rings is 2. The Labute approximate surface area is 172 Å². The van der Waals surface area contributed by atoms with E-state index in [0.29, 0.717) is 6.04 Å².